The fourth-order valence-electron chi connectivity index (χ4n) is 0.837. The van der Waals surface area contributed by atoms with Crippen molar-refractivity contribution < 1.29 is 14.8 Å². The zero-order valence-corrected chi connectivity index (χ0v) is 6.29. The van der Waals surface area contributed by atoms with Crippen LogP contribution in [-0.4, -0.2) is 28.4 Å². The molecule has 1 atom stereocenters. The van der Waals surface area contributed by atoms with Crippen molar-refractivity contribution in [2.45, 2.75) is 6.92 Å². The van der Waals surface area contributed by atoms with Crippen molar-refractivity contribution >= 4 is 23.2 Å². The molecule has 0 saturated carbocycles. The summed E-state index contributed by atoms with van der Waals surface area (Å²) in [7, 11) is 0. The Morgan fingerprint density at radius 1 is 1.58 bits per heavy atom. The topological polar surface area (TPSA) is 103 Å². The minimum atomic E-state index is -0.828. The first-order chi connectivity index (χ1) is 5.57. The van der Waals surface area contributed by atoms with E-state index in [4.69, 9.17) is 10.6 Å². The van der Waals surface area contributed by atoms with Crippen LogP contribution < -0.4 is 5.32 Å². The van der Waals surface area contributed by atoms with Gasteiger partial charge >= 0.3 is 0 Å². The van der Waals surface area contributed by atoms with Crippen LogP contribution in [-0.2, 0) is 9.59 Å². The van der Waals surface area contributed by atoms with E-state index in [0.717, 1.165) is 0 Å². The van der Waals surface area contributed by atoms with Crippen LogP contribution in [0.1, 0.15) is 6.92 Å². The summed E-state index contributed by atoms with van der Waals surface area (Å²) in [6, 6.07) is 0. The summed E-state index contributed by atoms with van der Waals surface area (Å²) in [5, 5.41) is 20.1. The number of nitrogens with zero attached hydrogens (tertiary/aromatic N) is 1. The fourth-order valence-corrected chi connectivity index (χ4v) is 0.837. The van der Waals surface area contributed by atoms with E-state index in [1.807, 2.05) is 5.32 Å². The quantitative estimate of drug-likeness (QED) is 0.249. The third-order valence-corrected chi connectivity index (χ3v) is 1.63. The number of nitrogens with one attached hydrogen (secondary N) is 2. The molecule has 0 aromatic carbocycles. The molecule has 0 aromatic heterocycles. The molecule has 6 nitrogen and oxygen atoms in total. The van der Waals surface area contributed by atoms with Crippen molar-refractivity contribution in [3.05, 3.63) is 0 Å². The van der Waals surface area contributed by atoms with Crippen molar-refractivity contribution in [3.63, 3.8) is 0 Å². The van der Waals surface area contributed by atoms with Crippen LogP contribution in [0, 0.1) is 11.3 Å². The average Bonchev–Trinajstić information content (AvgIpc) is 2.01. The normalized spacial score (nSPS) is 27.6. The number of oxime groups is 1. The molecular weight excluding hydrogens is 162 g/mol. The molecule has 0 spiro atoms. The minimum absolute atomic E-state index is 0.258. The van der Waals surface area contributed by atoms with E-state index in [1.54, 1.807) is 0 Å². The molecule has 1 fully saturated rings. The Kier molecular flexibility index (Phi) is 1.90. The summed E-state index contributed by atoms with van der Waals surface area (Å²) in [6.45, 7) is 1.45. The summed E-state index contributed by atoms with van der Waals surface area (Å²) in [6.07, 6.45) is 0. The lowest BCUT2D eigenvalue weighted by Gasteiger charge is -2.18. The molecule has 1 aliphatic rings. The van der Waals surface area contributed by atoms with E-state index in [2.05, 4.69) is 5.16 Å². The molecule has 1 heterocycles. The lowest BCUT2D eigenvalue weighted by Crippen LogP contribution is -2.51. The smallest absolute Gasteiger partial charge is 0.281 e. The third kappa shape index (κ3) is 1.07. The Balaban J connectivity index is 3.03. The lowest BCUT2D eigenvalue weighted by atomic mass is 9.96. The Bertz CT molecular complexity index is 294. The van der Waals surface area contributed by atoms with E-state index in [0.29, 0.717) is 0 Å². The molecule has 1 saturated heterocycles. The van der Waals surface area contributed by atoms with Gasteiger partial charge in [0.25, 0.3) is 5.91 Å². The highest BCUT2D eigenvalue weighted by atomic mass is 16.4. The average molecular weight is 169 g/mol. The number of piperidine rings is 1. The van der Waals surface area contributed by atoms with Crippen LogP contribution in [0.25, 0.3) is 0 Å². The molecule has 0 bridgehead atoms. The first kappa shape index (κ1) is 8.38. The molecule has 6 heteroatoms. The molecule has 2 amide bonds. The van der Waals surface area contributed by atoms with Crippen LogP contribution in [0.15, 0.2) is 5.16 Å². The Hall–Kier alpha value is -1.72. The summed E-state index contributed by atoms with van der Waals surface area (Å²) in [5.41, 5.74) is -0.659. The highest BCUT2D eigenvalue weighted by Crippen LogP contribution is 2.05. The summed E-state index contributed by atoms with van der Waals surface area (Å²) in [5.74, 6) is -2.11. The maximum Gasteiger partial charge on any atom is 0.281 e. The molecular formula is C6H7N3O3. The Morgan fingerprint density at radius 3 is 2.67 bits per heavy atom. The number of amides is 2. The van der Waals surface area contributed by atoms with Crippen LogP contribution in [0.3, 0.4) is 0 Å². The van der Waals surface area contributed by atoms with Gasteiger partial charge in [0.05, 0.1) is 11.6 Å². The van der Waals surface area contributed by atoms with Gasteiger partial charge < -0.3 is 10.6 Å². The summed E-state index contributed by atoms with van der Waals surface area (Å²) >= 11 is 0. The van der Waals surface area contributed by atoms with Crippen molar-refractivity contribution in [2.75, 3.05) is 0 Å². The van der Waals surface area contributed by atoms with Gasteiger partial charge in [-0.1, -0.05) is 5.16 Å². The van der Waals surface area contributed by atoms with Crippen molar-refractivity contribution in [3.8, 4) is 0 Å². The number of hydrogen-bond acceptors (Lipinski definition) is 5. The molecule has 0 radical (unpaired) electrons. The number of rotatable bonds is 0. The van der Waals surface area contributed by atoms with Gasteiger partial charge in [-0.05, 0) is 6.92 Å². The van der Waals surface area contributed by atoms with Crippen molar-refractivity contribution in [1.82, 2.24) is 5.32 Å². The Labute approximate surface area is 67.8 Å². The number of imide groups is 1. The van der Waals surface area contributed by atoms with Gasteiger partial charge in [-0.3, -0.25) is 14.9 Å². The van der Waals surface area contributed by atoms with Crippen LogP contribution >= 0.6 is 0 Å². The molecule has 0 aliphatic carbocycles. The zero-order chi connectivity index (χ0) is 9.30. The van der Waals surface area contributed by atoms with Gasteiger partial charge in [0.1, 0.15) is 0 Å². The van der Waals surface area contributed by atoms with Crippen molar-refractivity contribution in [1.29, 1.82) is 5.41 Å². The monoisotopic (exact) mass is 169 g/mol. The van der Waals surface area contributed by atoms with Crippen molar-refractivity contribution in [2.24, 2.45) is 11.1 Å². The second kappa shape index (κ2) is 2.72. The largest absolute Gasteiger partial charge is 0.410 e. The second-order valence-corrected chi connectivity index (χ2v) is 2.40. The molecule has 0 aromatic rings. The standard InChI is InChI=1S/C6H7N3O3/c1-2-3(7)4(9-12)6(11)8-5(2)10/h2,7,12H,1H3,(H,8,10,11)/b7-3?,9-4-. The van der Waals surface area contributed by atoms with Gasteiger partial charge in [-0.15, -0.1) is 0 Å². The molecule has 64 valence electrons. The molecule has 3 N–H and O–H groups in total. The van der Waals surface area contributed by atoms with Gasteiger partial charge in [0.2, 0.25) is 5.91 Å². The summed E-state index contributed by atoms with van der Waals surface area (Å²) in [4.78, 5) is 21.7. The molecule has 1 aliphatic heterocycles. The van der Waals surface area contributed by atoms with E-state index in [1.165, 1.54) is 6.92 Å². The van der Waals surface area contributed by atoms with Gasteiger partial charge in [-0.25, -0.2) is 0 Å². The minimum Gasteiger partial charge on any atom is -0.410 e. The Morgan fingerprint density at radius 2 is 2.17 bits per heavy atom. The first-order valence-corrected chi connectivity index (χ1v) is 3.24. The maximum absolute atomic E-state index is 10.9. The van der Waals surface area contributed by atoms with Crippen LogP contribution in [0.4, 0.5) is 0 Å². The molecule has 1 unspecified atom stereocenters. The first-order valence-electron chi connectivity index (χ1n) is 3.24. The zero-order valence-electron chi connectivity index (χ0n) is 6.29. The highest BCUT2D eigenvalue weighted by molar-refractivity contribution is 6.70. The fraction of sp³-hybridized carbons (Fsp3) is 0.333. The number of hydrogen-bond donors (Lipinski definition) is 3. The van der Waals surface area contributed by atoms with Gasteiger partial charge in [-0.2, -0.15) is 0 Å². The van der Waals surface area contributed by atoms with Crippen LogP contribution in [0.2, 0.25) is 0 Å². The summed E-state index contributed by atoms with van der Waals surface area (Å²) < 4.78 is 0. The molecule has 1 rings (SSSR count). The number of carbonyl (C=O) groups is 2. The SMILES string of the molecule is CC1C(=N)/C(=N/O)C(=O)NC1=O. The van der Waals surface area contributed by atoms with E-state index in [9.17, 15) is 9.59 Å². The van der Waals surface area contributed by atoms with Gasteiger partial charge in [0.15, 0.2) is 5.71 Å². The second-order valence-electron chi connectivity index (χ2n) is 2.40. The molecule has 12 heavy (non-hydrogen) atoms. The maximum atomic E-state index is 10.9. The third-order valence-electron chi connectivity index (χ3n) is 1.63. The van der Waals surface area contributed by atoms with E-state index in [-0.39, 0.29) is 5.71 Å². The highest BCUT2D eigenvalue weighted by Gasteiger charge is 2.34. The predicted molar refractivity (Wildman–Crippen MR) is 39.3 cm³/mol. The van der Waals surface area contributed by atoms with Gasteiger partial charge in [0, 0.05) is 0 Å². The van der Waals surface area contributed by atoms with E-state index < -0.39 is 23.4 Å². The van der Waals surface area contributed by atoms with E-state index >= 15 is 0 Å². The predicted octanol–water partition coefficient (Wildman–Crippen LogP) is -0.871. The number of carbonyl (C=O) groups excluding carboxylic acids is 2. The lowest BCUT2D eigenvalue weighted by molar-refractivity contribution is -0.128. The van der Waals surface area contributed by atoms with Crippen LogP contribution in [0.5, 0.6) is 0 Å².